The van der Waals surface area contributed by atoms with Gasteiger partial charge < -0.3 is 10.0 Å². The Morgan fingerprint density at radius 1 is 1.50 bits per heavy atom. The van der Waals surface area contributed by atoms with E-state index in [0.29, 0.717) is 13.1 Å². The van der Waals surface area contributed by atoms with Crippen molar-refractivity contribution in [1.29, 1.82) is 0 Å². The molecular weight excluding hydrogens is 235 g/mol. The first kappa shape index (κ1) is 13.0. The number of likely N-dealkylation sites (tertiary alicyclic amines) is 1. The molecule has 2 heterocycles. The van der Waals surface area contributed by atoms with Crippen molar-refractivity contribution in [2.24, 2.45) is 5.92 Å². The number of nitrogens with zero attached hydrogens (tertiary/aromatic N) is 2. The number of rotatable bonds is 2. The molecule has 5 heteroatoms. The third-order valence-corrected chi connectivity index (χ3v) is 3.46. The van der Waals surface area contributed by atoms with E-state index in [2.05, 4.69) is 4.98 Å². The number of aliphatic hydroxyl groups is 1. The van der Waals surface area contributed by atoms with Crippen molar-refractivity contribution in [1.82, 2.24) is 9.88 Å². The van der Waals surface area contributed by atoms with E-state index < -0.39 is 5.82 Å². The number of carbonyl (C=O) groups is 1. The minimum Gasteiger partial charge on any atom is -0.393 e. The van der Waals surface area contributed by atoms with Gasteiger partial charge in [-0.15, -0.1) is 0 Å². The second kappa shape index (κ2) is 5.44. The number of halogens is 1. The molecule has 4 nitrogen and oxygen atoms in total. The molecule has 1 fully saturated rings. The summed E-state index contributed by atoms with van der Waals surface area (Å²) < 4.78 is 12.7. The van der Waals surface area contributed by atoms with Crippen molar-refractivity contribution in [2.45, 2.75) is 25.9 Å². The number of pyridine rings is 1. The summed E-state index contributed by atoms with van der Waals surface area (Å²) in [6.07, 6.45) is 2.32. The van der Waals surface area contributed by atoms with Gasteiger partial charge in [0, 0.05) is 13.1 Å². The summed E-state index contributed by atoms with van der Waals surface area (Å²) in [4.78, 5) is 17.6. The topological polar surface area (TPSA) is 53.4 Å². The highest BCUT2D eigenvalue weighted by Gasteiger charge is 2.26. The molecule has 1 unspecified atom stereocenters. The standard InChI is InChI=1S/C13H17FN2O2/c1-9(17)10-4-6-16(7-5-10)13(18)12-3-2-11(14)8-15-12/h2-3,8-10,17H,4-7H2,1H3. The maximum atomic E-state index is 12.7. The largest absolute Gasteiger partial charge is 0.393 e. The maximum absolute atomic E-state index is 12.7. The van der Waals surface area contributed by atoms with Gasteiger partial charge in [0.25, 0.3) is 5.91 Å². The second-order valence-electron chi connectivity index (χ2n) is 4.73. The number of amides is 1. The molecule has 0 spiro atoms. The molecule has 1 saturated heterocycles. The summed E-state index contributed by atoms with van der Waals surface area (Å²) in [6, 6.07) is 2.64. The van der Waals surface area contributed by atoms with E-state index in [4.69, 9.17) is 0 Å². The van der Waals surface area contributed by atoms with Crippen LogP contribution < -0.4 is 0 Å². The highest BCUT2D eigenvalue weighted by atomic mass is 19.1. The molecule has 18 heavy (non-hydrogen) atoms. The summed E-state index contributed by atoms with van der Waals surface area (Å²) in [6.45, 7) is 3.02. The molecular formula is C13H17FN2O2. The molecule has 1 atom stereocenters. The SMILES string of the molecule is CC(O)C1CCN(C(=O)c2ccc(F)cn2)CC1. The van der Waals surface area contributed by atoms with Gasteiger partial charge in [0.15, 0.2) is 0 Å². The molecule has 0 aromatic carbocycles. The molecule has 98 valence electrons. The van der Waals surface area contributed by atoms with Crippen LogP contribution in [0.25, 0.3) is 0 Å². The fourth-order valence-electron chi connectivity index (χ4n) is 2.25. The predicted molar refractivity (Wildman–Crippen MR) is 64.5 cm³/mol. The van der Waals surface area contributed by atoms with Crippen LogP contribution >= 0.6 is 0 Å². The van der Waals surface area contributed by atoms with Gasteiger partial charge in [-0.3, -0.25) is 4.79 Å². The maximum Gasteiger partial charge on any atom is 0.272 e. The van der Waals surface area contributed by atoms with E-state index in [1.807, 2.05) is 0 Å². The highest BCUT2D eigenvalue weighted by Crippen LogP contribution is 2.21. The van der Waals surface area contributed by atoms with Crippen molar-refractivity contribution >= 4 is 5.91 Å². The zero-order chi connectivity index (χ0) is 13.1. The molecule has 1 aromatic rings. The van der Waals surface area contributed by atoms with Crippen LogP contribution in [0.5, 0.6) is 0 Å². The molecule has 0 bridgehead atoms. The molecule has 1 aliphatic heterocycles. The summed E-state index contributed by atoms with van der Waals surface area (Å²) >= 11 is 0. The monoisotopic (exact) mass is 252 g/mol. The van der Waals surface area contributed by atoms with E-state index in [1.165, 1.54) is 12.1 Å². The number of hydrogen-bond donors (Lipinski definition) is 1. The van der Waals surface area contributed by atoms with Crippen molar-refractivity contribution in [3.8, 4) is 0 Å². The van der Waals surface area contributed by atoms with Gasteiger partial charge in [0.1, 0.15) is 11.5 Å². The van der Waals surface area contributed by atoms with Crippen LogP contribution in [0.3, 0.4) is 0 Å². The minimum absolute atomic E-state index is 0.168. The normalized spacial score (nSPS) is 18.7. The van der Waals surface area contributed by atoms with Crippen molar-refractivity contribution < 1.29 is 14.3 Å². The number of hydrogen-bond acceptors (Lipinski definition) is 3. The lowest BCUT2D eigenvalue weighted by Crippen LogP contribution is -2.41. The Bertz CT molecular complexity index is 412. The summed E-state index contributed by atoms with van der Waals surface area (Å²) in [7, 11) is 0. The fourth-order valence-corrected chi connectivity index (χ4v) is 2.25. The molecule has 1 amide bonds. The van der Waals surface area contributed by atoms with Crippen molar-refractivity contribution in [3.05, 3.63) is 29.8 Å². The highest BCUT2D eigenvalue weighted by molar-refractivity contribution is 5.92. The number of aliphatic hydroxyl groups excluding tert-OH is 1. The van der Waals surface area contributed by atoms with Crippen LogP contribution in [-0.2, 0) is 0 Å². The number of carbonyl (C=O) groups excluding carboxylic acids is 1. The summed E-state index contributed by atoms with van der Waals surface area (Å²) in [5.41, 5.74) is 0.270. The molecule has 2 rings (SSSR count). The third-order valence-electron chi connectivity index (χ3n) is 3.46. The Hall–Kier alpha value is -1.49. The second-order valence-corrected chi connectivity index (χ2v) is 4.73. The van der Waals surface area contributed by atoms with E-state index in [0.717, 1.165) is 19.0 Å². The predicted octanol–water partition coefficient (Wildman–Crippen LogP) is 1.45. The minimum atomic E-state index is -0.445. The Kier molecular flexibility index (Phi) is 3.91. The Morgan fingerprint density at radius 3 is 2.67 bits per heavy atom. The van der Waals surface area contributed by atoms with Gasteiger partial charge in [0.05, 0.1) is 12.3 Å². The zero-order valence-electron chi connectivity index (χ0n) is 10.3. The molecule has 1 aromatic heterocycles. The lowest BCUT2D eigenvalue weighted by Gasteiger charge is -2.33. The lowest BCUT2D eigenvalue weighted by atomic mass is 9.92. The van der Waals surface area contributed by atoms with Crippen LogP contribution in [0, 0.1) is 11.7 Å². The van der Waals surface area contributed by atoms with Gasteiger partial charge in [0.2, 0.25) is 0 Å². The lowest BCUT2D eigenvalue weighted by molar-refractivity contribution is 0.0517. The Labute approximate surface area is 105 Å². The van der Waals surface area contributed by atoms with Crippen molar-refractivity contribution in [2.75, 3.05) is 13.1 Å². The van der Waals surface area contributed by atoms with Crippen LogP contribution in [0.1, 0.15) is 30.3 Å². The fraction of sp³-hybridized carbons (Fsp3) is 0.538. The zero-order valence-corrected chi connectivity index (χ0v) is 10.3. The van der Waals surface area contributed by atoms with E-state index >= 15 is 0 Å². The Balaban J connectivity index is 1.97. The first-order valence-corrected chi connectivity index (χ1v) is 6.17. The van der Waals surface area contributed by atoms with Gasteiger partial charge in [-0.25, -0.2) is 9.37 Å². The number of piperidine rings is 1. The summed E-state index contributed by atoms with van der Waals surface area (Å²) in [5.74, 6) is -0.353. The van der Waals surface area contributed by atoms with Crippen LogP contribution in [0.4, 0.5) is 4.39 Å². The van der Waals surface area contributed by atoms with E-state index in [9.17, 15) is 14.3 Å². The molecule has 1 aliphatic rings. The Morgan fingerprint density at radius 2 is 2.17 bits per heavy atom. The van der Waals surface area contributed by atoms with Gasteiger partial charge >= 0.3 is 0 Å². The first-order valence-electron chi connectivity index (χ1n) is 6.17. The van der Waals surface area contributed by atoms with E-state index in [-0.39, 0.29) is 23.6 Å². The quantitative estimate of drug-likeness (QED) is 0.866. The molecule has 0 aliphatic carbocycles. The van der Waals surface area contributed by atoms with Crippen LogP contribution in [0.2, 0.25) is 0 Å². The average molecular weight is 252 g/mol. The summed E-state index contributed by atoms with van der Waals surface area (Å²) in [5, 5.41) is 9.49. The van der Waals surface area contributed by atoms with Gasteiger partial charge in [-0.1, -0.05) is 0 Å². The van der Waals surface area contributed by atoms with E-state index in [1.54, 1.807) is 11.8 Å². The van der Waals surface area contributed by atoms with Crippen LogP contribution in [0.15, 0.2) is 18.3 Å². The smallest absolute Gasteiger partial charge is 0.272 e. The number of aromatic nitrogens is 1. The molecule has 1 N–H and O–H groups in total. The first-order chi connectivity index (χ1) is 8.58. The average Bonchev–Trinajstić information content (AvgIpc) is 2.39. The molecule has 0 radical (unpaired) electrons. The van der Waals surface area contributed by atoms with Crippen LogP contribution in [-0.4, -0.2) is 40.1 Å². The van der Waals surface area contributed by atoms with Crippen molar-refractivity contribution in [3.63, 3.8) is 0 Å². The van der Waals surface area contributed by atoms with Gasteiger partial charge in [-0.05, 0) is 37.8 Å². The van der Waals surface area contributed by atoms with Gasteiger partial charge in [-0.2, -0.15) is 0 Å². The third kappa shape index (κ3) is 2.85. The molecule has 0 saturated carbocycles.